The minimum absolute atomic E-state index is 0.347. The van der Waals surface area contributed by atoms with Gasteiger partial charge < -0.3 is 16.2 Å². The Bertz CT molecular complexity index is 355. The molecule has 0 aliphatic rings. The lowest BCUT2D eigenvalue weighted by molar-refractivity contribution is 0.116. The van der Waals surface area contributed by atoms with Crippen molar-refractivity contribution in [2.75, 3.05) is 5.73 Å². The summed E-state index contributed by atoms with van der Waals surface area (Å²) in [4.78, 5) is 10.5. The molecule has 0 aliphatic carbocycles. The van der Waals surface area contributed by atoms with Gasteiger partial charge in [-0.25, -0.2) is 4.79 Å². The Labute approximate surface area is 95.7 Å². The van der Waals surface area contributed by atoms with E-state index in [2.05, 4.69) is 22.6 Å². The van der Waals surface area contributed by atoms with Crippen molar-refractivity contribution < 1.29 is 9.53 Å². The van der Waals surface area contributed by atoms with Crippen LogP contribution in [0.15, 0.2) is 18.2 Å². The zero-order valence-corrected chi connectivity index (χ0v) is 9.82. The third kappa shape index (κ3) is 2.76. The van der Waals surface area contributed by atoms with Gasteiger partial charge in [0.25, 0.3) is 0 Å². The number of nitrogen functional groups attached to an aromatic ring is 1. The van der Waals surface area contributed by atoms with Crippen LogP contribution in [-0.4, -0.2) is 6.09 Å². The van der Waals surface area contributed by atoms with E-state index in [1.54, 1.807) is 13.0 Å². The summed E-state index contributed by atoms with van der Waals surface area (Å²) in [6, 6.07) is 5.40. The molecule has 1 aromatic carbocycles. The Morgan fingerprint density at radius 2 is 2.21 bits per heavy atom. The number of primary amides is 1. The highest BCUT2D eigenvalue weighted by Gasteiger charge is 2.12. The highest BCUT2D eigenvalue weighted by molar-refractivity contribution is 14.1. The van der Waals surface area contributed by atoms with Crippen molar-refractivity contribution in [3.8, 4) is 0 Å². The van der Waals surface area contributed by atoms with E-state index in [0.29, 0.717) is 5.69 Å². The Balaban J connectivity index is 2.90. The van der Waals surface area contributed by atoms with Crippen molar-refractivity contribution >= 4 is 34.4 Å². The summed E-state index contributed by atoms with van der Waals surface area (Å²) in [7, 11) is 0. The largest absolute Gasteiger partial charge is 0.442 e. The third-order valence-electron chi connectivity index (χ3n) is 1.76. The zero-order chi connectivity index (χ0) is 10.7. The molecule has 1 amide bonds. The van der Waals surface area contributed by atoms with E-state index in [9.17, 15) is 4.79 Å². The molecule has 0 bridgehead atoms. The van der Waals surface area contributed by atoms with E-state index in [4.69, 9.17) is 16.2 Å². The number of nitrogens with two attached hydrogens (primary N) is 2. The highest BCUT2D eigenvalue weighted by Crippen LogP contribution is 2.24. The van der Waals surface area contributed by atoms with Crippen molar-refractivity contribution in [3.63, 3.8) is 0 Å². The molecule has 4 nitrogen and oxygen atoms in total. The van der Waals surface area contributed by atoms with Gasteiger partial charge in [0.2, 0.25) is 0 Å². The quantitative estimate of drug-likeness (QED) is 0.648. The number of halogens is 1. The maximum atomic E-state index is 10.5. The van der Waals surface area contributed by atoms with Crippen LogP contribution >= 0.6 is 22.6 Å². The summed E-state index contributed by atoms with van der Waals surface area (Å²) in [5.74, 6) is 0. The molecular formula is C9H11IN2O2. The van der Waals surface area contributed by atoms with Gasteiger partial charge in [-0.05, 0) is 41.6 Å². The first-order valence-corrected chi connectivity index (χ1v) is 5.09. The maximum absolute atomic E-state index is 10.5. The van der Waals surface area contributed by atoms with Crippen molar-refractivity contribution in [2.24, 2.45) is 5.73 Å². The van der Waals surface area contributed by atoms with Gasteiger partial charge >= 0.3 is 6.09 Å². The number of benzene rings is 1. The Hall–Kier alpha value is -0.980. The van der Waals surface area contributed by atoms with Crippen LogP contribution in [0.1, 0.15) is 18.6 Å². The number of rotatable bonds is 2. The van der Waals surface area contributed by atoms with Crippen LogP contribution in [0.25, 0.3) is 0 Å². The van der Waals surface area contributed by atoms with Gasteiger partial charge in [-0.15, -0.1) is 0 Å². The second-order valence-corrected chi connectivity index (χ2v) is 4.02. The summed E-state index contributed by atoms with van der Waals surface area (Å²) in [5, 5.41) is 0. The molecule has 1 aromatic rings. The van der Waals surface area contributed by atoms with Crippen LogP contribution in [0.3, 0.4) is 0 Å². The molecule has 14 heavy (non-hydrogen) atoms. The zero-order valence-electron chi connectivity index (χ0n) is 7.66. The van der Waals surface area contributed by atoms with Crippen LogP contribution in [0.2, 0.25) is 0 Å². The Morgan fingerprint density at radius 3 is 2.71 bits per heavy atom. The molecule has 1 unspecified atom stereocenters. The lowest BCUT2D eigenvalue weighted by atomic mass is 10.1. The number of anilines is 1. The van der Waals surface area contributed by atoms with E-state index in [-0.39, 0.29) is 6.10 Å². The lowest BCUT2D eigenvalue weighted by Gasteiger charge is -2.13. The number of hydrogen-bond donors (Lipinski definition) is 2. The normalized spacial score (nSPS) is 12.1. The molecular weight excluding hydrogens is 295 g/mol. The SMILES string of the molecule is CC(OC(N)=O)c1ccc(N)cc1I. The average Bonchev–Trinajstić information content (AvgIpc) is 2.01. The number of carbonyl (C=O) groups excluding carboxylic acids is 1. The predicted octanol–water partition coefficient (Wildman–Crippen LogP) is 2.03. The monoisotopic (exact) mass is 306 g/mol. The van der Waals surface area contributed by atoms with Crippen molar-refractivity contribution in [1.29, 1.82) is 0 Å². The molecule has 0 fully saturated rings. The average molecular weight is 306 g/mol. The van der Waals surface area contributed by atoms with Crippen LogP contribution < -0.4 is 11.5 Å². The van der Waals surface area contributed by atoms with Gasteiger partial charge in [0.1, 0.15) is 6.10 Å². The van der Waals surface area contributed by atoms with Gasteiger partial charge in [0.15, 0.2) is 0 Å². The van der Waals surface area contributed by atoms with Gasteiger partial charge in [0.05, 0.1) is 0 Å². The van der Waals surface area contributed by atoms with E-state index in [1.165, 1.54) is 0 Å². The molecule has 0 aromatic heterocycles. The smallest absolute Gasteiger partial charge is 0.405 e. The second kappa shape index (κ2) is 4.50. The molecule has 0 aliphatic heterocycles. The lowest BCUT2D eigenvalue weighted by Crippen LogP contribution is -2.16. The third-order valence-corrected chi connectivity index (χ3v) is 2.69. The van der Waals surface area contributed by atoms with E-state index in [0.717, 1.165) is 9.13 Å². The van der Waals surface area contributed by atoms with Crippen LogP contribution in [0, 0.1) is 3.57 Å². The standard InChI is InChI=1S/C9H11IN2O2/c1-5(14-9(12)13)7-3-2-6(11)4-8(7)10/h2-5H,11H2,1H3,(H2,12,13). The molecule has 0 saturated carbocycles. The molecule has 0 radical (unpaired) electrons. The van der Waals surface area contributed by atoms with Crippen molar-refractivity contribution in [3.05, 3.63) is 27.3 Å². The first-order chi connectivity index (χ1) is 6.50. The van der Waals surface area contributed by atoms with Gasteiger partial charge in [0, 0.05) is 14.8 Å². The van der Waals surface area contributed by atoms with Crippen LogP contribution in [0.4, 0.5) is 10.5 Å². The minimum atomic E-state index is -0.773. The summed E-state index contributed by atoms with van der Waals surface area (Å²) >= 11 is 2.14. The fourth-order valence-electron chi connectivity index (χ4n) is 1.11. The maximum Gasteiger partial charge on any atom is 0.405 e. The number of carbonyl (C=O) groups is 1. The molecule has 0 spiro atoms. The summed E-state index contributed by atoms with van der Waals surface area (Å²) in [5.41, 5.74) is 12.1. The van der Waals surface area contributed by atoms with Gasteiger partial charge in [-0.1, -0.05) is 6.07 Å². The van der Waals surface area contributed by atoms with Crippen LogP contribution in [0.5, 0.6) is 0 Å². The first kappa shape index (κ1) is 11.1. The topological polar surface area (TPSA) is 78.3 Å². The van der Waals surface area contributed by atoms with E-state index < -0.39 is 6.09 Å². The molecule has 76 valence electrons. The highest BCUT2D eigenvalue weighted by atomic mass is 127. The summed E-state index contributed by atoms with van der Waals surface area (Å²) in [6.07, 6.45) is -1.12. The van der Waals surface area contributed by atoms with Crippen molar-refractivity contribution in [1.82, 2.24) is 0 Å². The second-order valence-electron chi connectivity index (χ2n) is 2.86. The van der Waals surface area contributed by atoms with E-state index >= 15 is 0 Å². The van der Waals surface area contributed by atoms with Crippen LogP contribution in [-0.2, 0) is 4.74 Å². The Morgan fingerprint density at radius 1 is 1.57 bits per heavy atom. The molecule has 1 atom stereocenters. The predicted molar refractivity (Wildman–Crippen MR) is 62.7 cm³/mol. The van der Waals surface area contributed by atoms with Gasteiger partial charge in [-0.3, -0.25) is 0 Å². The first-order valence-electron chi connectivity index (χ1n) is 4.01. The number of ether oxygens (including phenoxy) is 1. The number of amides is 1. The molecule has 1 rings (SSSR count). The molecule has 4 N–H and O–H groups in total. The number of hydrogen-bond acceptors (Lipinski definition) is 3. The molecule has 0 heterocycles. The fourth-order valence-corrected chi connectivity index (χ4v) is 2.09. The molecule has 5 heteroatoms. The summed E-state index contributed by atoms with van der Waals surface area (Å²) < 4.78 is 5.81. The Kier molecular flexibility index (Phi) is 3.56. The fraction of sp³-hybridized carbons (Fsp3) is 0.222. The van der Waals surface area contributed by atoms with Gasteiger partial charge in [-0.2, -0.15) is 0 Å². The summed E-state index contributed by atoms with van der Waals surface area (Å²) in [6.45, 7) is 1.76. The van der Waals surface area contributed by atoms with E-state index in [1.807, 2.05) is 12.1 Å². The minimum Gasteiger partial charge on any atom is -0.442 e. The molecule has 0 saturated heterocycles. The van der Waals surface area contributed by atoms with Crippen molar-refractivity contribution in [2.45, 2.75) is 13.0 Å².